The Labute approximate surface area is 148 Å². The quantitative estimate of drug-likeness (QED) is 0.648. The van der Waals surface area contributed by atoms with Crippen LogP contribution in [0.1, 0.15) is 33.8 Å². The summed E-state index contributed by atoms with van der Waals surface area (Å²) in [5, 5.41) is 10.5. The number of aromatic amines is 1. The zero-order valence-corrected chi connectivity index (χ0v) is 14.1. The average molecular weight is 360 g/mol. The number of aromatic nitrogens is 1. The van der Waals surface area contributed by atoms with Gasteiger partial charge in [0, 0.05) is 28.5 Å². The SMILES string of the molecule is Cc1ccc2c(C(CC(=O)c3ccc(Cl)cc3F)C(=O)O)c[nH]c2c1. The van der Waals surface area contributed by atoms with Gasteiger partial charge in [-0.15, -0.1) is 0 Å². The first-order valence-electron chi connectivity index (χ1n) is 7.65. The first kappa shape index (κ1) is 17.2. The number of carboxylic acids is 1. The Morgan fingerprint density at radius 1 is 1.24 bits per heavy atom. The van der Waals surface area contributed by atoms with E-state index in [9.17, 15) is 19.1 Å². The molecule has 2 N–H and O–H groups in total. The molecule has 0 saturated carbocycles. The Bertz CT molecular complexity index is 980. The standard InChI is InChI=1S/C19H15ClFNO3/c1-10-2-4-12-15(9-22-17(12)6-10)14(19(24)25)8-18(23)13-5-3-11(20)7-16(13)21/h2-7,9,14,22H,8H2,1H3,(H,24,25). The minimum absolute atomic E-state index is 0.161. The zero-order valence-electron chi connectivity index (χ0n) is 13.3. The number of carboxylic acid groups (broad SMARTS) is 1. The number of H-pyrrole nitrogens is 1. The summed E-state index contributed by atoms with van der Waals surface area (Å²) in [7, 11) is 0. The molecule has 0 bridgehead atoms. The normalized spacial score (nSPS) is 12.3. The summed E-state index contributed by atoms with van der Waals surface area (Å²) in [6.07, 6.45) is 1.25. The van der Waals surface area contributed by atoms with Crippen molar-refractivity contribution in [3.05, 3.63) is 70.1 Å². The maximum Gasteiger partial charge on any atom is 0.311 e. The molecule has 0 aliphatic heterocycles. The van der Waals surface area contributed by atoms with Gasteiger partial charge in [-0.05, 0) is 42.3 Å². The van der Waals surface area contributed by atoms with Gasteiger partial charge in [0.2, 0.25) is 0 Å². The van der Waals surface area contributed by atoms with Gasteiger partial charge in [0.25, 0.3) is 0 Å². The van der Waals surface area contributed by atoms with Crippen molar-refractivity contribution in [3.8, 4) is 0 Å². The number of halogens is 2. The van der Waals surface area contributed by atoms with Crippen LogP contribution < -0.4 is 0 Å². The number of Topliss-reactive ketones (excluding diaryl/α,β-unsaturated/α-hetero) is 1. The number of nitrogens with one attached hydrogen (secondary N) is 1. The number of carbonyl (C=O) groups is 2. The second-order valence-electron chi connectivity index (χ2n) is 5.94. The molecule has 0 aliphatic rings. The number of benzene rings is 2. The van der Waals surface area contributed by atoms with Crippen LogP contribution in [0, 0.1) is 12.7 Å². The third kappa shape index (κ3) is 3.42. The van der Waals surface area contributed by atoms with Crippen molar-refractivity contribution in [3.63, 3.8) is 0 Å². The smallest absolute Gasteiger partial charge is 0.311 e. The highest BCUT2D eigenvalue weighted by Gasteiger charge is 2.27. The molecule has 1 atom stereocenters. The average Bonchev–Trinajstić information content (AvgIpc) is 2.94. The van der Waals surface area contributed by atoms with Gasteiger partial charge >= 0.3 is 5.97 Å². The molecule has 2 aromatic carbocycles. The van der Waals surface area contributed by atoms with E-state index in [-0.39, 0.29) is 17.0 Å². The van der Waals surface area contributed by atoms with E-state index in [1.807, 2.05) is 25.1 Å². The third-order valence-electron chi connectivity index (χ3n) is 4.16. The fourth-order valence-electron chi connectivity index (χ4n) is 2.89. The van der Waals surface area contributed by atoms with Gasteiger partial charge in [-0.3, -0.25) is 9.59 Å². The lowest BCUT2D eigenvalue weighted by Crippen LogP contribution is -2.17. The molecule has 128 valence electrons. The van der Waals surface area contributed by atoms with Gasteiger partial charge in [0.15, 0.2) is 5.78 Å². The highest BCUT2D eigenvalue weighted by molar-refractivity contribution is 6.30. The van der Waals surface area contributed by atoms with Gasteiger partial charge in [-0.1, -0.05) is 23.7 Å². The number of aliphatic carboxylic acids is 1. The van der Waals surface area contributed by atoms with Gasteiger partial charge < -0.3 is 10.1 Å². The van der Waals surface area contributed by atoms with Crippen molar-refractivity contribution in [1.82, 2.24) is 4.98 Å². The van der Waals surface area contributed by atoms with E-state index in [4.69, 9.17) is 11.6 Å². The number of ketones is 1. The van der Waals surface area contributed by atoms with E-state index in [1.165, 1.54) is 12.1 Å². The van der Waals surface area contributed by atoms with Crippen molar-refractivity contribution in [2.75, 3.05) is 0 Å². The first-order valence-corrected chi connectivity index (χ1v) is 8.03. The lowest BCUT2D eigenvalue weighted by molar-refractivity contribution is -0.138. The van der Waals surface area contributed by atoms with Crippen molar-refractivity contribution < 1.29 is 19.1 Å². The molecule has 0 fully saturated rings. The fourth-order valence-corrected chi connectivity index (χ4v) is 3.05. The number of hydrogen-bond acceptors (Lipinski definition) is 2. The molecule has 4 nitrogen and oxygen atoms in total. The van der Waals surface area contributed by atoms with Crippen LogP contribution in [0.2, 0.25) is 5.02 Å². The number of rotatable bonds is 5. The molecule has 0 aliphatic carbocycles. The van der Waals surface area contributed by atoms with Gasteiger partial charge in [0.05, 0.1) is 11.5 Å². The van der Waals surface area contributed by atoms with Crippen molar-refractivity contribution in [2.24, 2.45) is 0 Å². The van der Waals surface area contributed by atoms with Crippen LogP contribution in [0.25, 0.3) is 10.9 Å². The Hall–Kier alpha value is -2.66. The fraction of sp³-hybridized carbons (Fsp3) is 0.158. The molecule has 0 spiro atoms. The van der Waals surface area contributed by atoms with Gasteiger partial charge in [-0.25, -0.2) is 4.39 Å². The highest BCUT2D eigenvalue weighted by Crippen LogP contribution is 2.30. The molecule has 3 aromatic rings. The van der Waals surface area contributed by atoms with Crippen LogP contribution >= 0.6 is 11.6 Å². The molecule has 3 rings (SSSR count). The molecule has 25 heavy (non-hydrogen) atoms. The lowest BCUT2D eigenvalue weighted by atomic mass is 9.91. The summed E-state index contributed by atoms with van der Waals surface area (Å²) >= 11 is 5.69. The molecule has 1 unspecified atom stereocenters. The molecule has 0 saturated heterocycles. The van der Waals surface area contributed by atoms with E-state index < -0.39 is 23.5 Å². The third-order valence-corrected chi connectivity index (χ3v) is 4.40. The number of aryl methyl sites for hydroxylation is 1. The number of hydrogen-bond donors (Lipinski definition) is 2. The van der Waals surface area contributed by atoms with Gasteiger partial charge in [-0.2, -0.15) is 0 Å². The van der Waals surface area contributed by atoms with Gasteiger partial charge in [0.1, 0.15) is 5.82 Å². The van der Waals surface area contributed by atoms with Crippen LogP contribution in [0.4, 0.5) is 4.39 Å². The zero-order chi connectivity index (χ0) is 18.1. The highest BCUT2D eigenvalue weighted by atomic mass is 35.5. The summed E-state index contributed by atoms with van der Waals surface area (Å²) in [5.41, 5.74) is 2.18. The molecule has 0 radical (unpaired) electrons. The predicted molar refractivity (Wildman–Crippen MR) is 93.8 cm³/mol. The Morgan fingerprint density at radius 2 is 2.00 bits per heavy atom. The summed E-state index contributed by atoms with van der Waals surface area (Å²) in [6.45, 7) is 1.93. The van der Waals surface area contributed by atoms with E-state index in [0.717, 1.165) is 22.5 Å². The van der Waals surface area contributed by atoms with Crippen LogP contribution in [0.3, 0.4) is 0 Å². The van der Waals surface area contributed by atoms with Crippen molar-refractivity contribution in [1.29, 1.82) is 0 Å². The monoisotopic (exact) mass is 359 g/mol. The minimum Gasteiger partial charge on any atom is -0.481 e. The summed E-state index contributed by atoms with van der Waals surface area (Å²) in [6, 6.07) is 9.32. The van der Waals surface area contributed by atoms with E-state index in [0.29, 0.717) is 5.56 Å². The maximum atomic E-state index is 13.9. The predicted octanol–water partition coefficient (Wildman–Crippen LogP) is 4.71. The molecule has 1 heterocycles. The van der Waals surface area contributed by atoms with Crippen LogP contribution in [-0.2, 0) is 4.79 Å². The van der Waals surface area contributed by atoms with E-state index in [1.54, 1.807) is 6.20 Å². The number of carbonyl (C=O) groups excluding carboxylic acids is 1. The molecule has 0 amide bonds. The van der Waals surface area contributed by atoms with Crippen molar-refractivity contribution in [2.45, 2.75) is 19.3 Å². The molecular weight excluding hydrogens is 345 g/mol. The van der Waals surface area contributed by atoms with Crippen LogP contribution in [0.5, 0.6) is 0 Å². The summed E-state index contributed by atoms with van der Waals surface area (Å²) in [4.78, 5) is 27.2. The number of fused-ring (bicyclic) bond motifs is 1. The minimum atomic E-state index is -1.14. The van der Waals surface area contributed by atoms with Crippen LogP contribution in [-0.4, -0.2) is 21.8 Å². The maximum absolute atomic E-state index is 13.9. The Kier molecular flexibility index (Phi) is 4.59. The largest absolute Gasteiger partial charge is 0.481 e. The summed E-state index contributed by atoms with van der Waals surface area (Å²) in [5.74, 6) is -3.54. The second-order valence-corrected chi connectivity index (χ2v) is 6.37. The van der Waals surface area contributed by atoms with E-state index >= 15 is 0 Å². The molecule has 6 heteroatoms. The Morgan fingerprint density at radius 3 is 2.68 bits per heavy atom. The van der Waals surface area contributed by atoms with E-state index in [2.05, 4.69) is 4.98 Å². The molecular formula is C19H15ClFNO3. The second kappa shape index (κ2) is 6.69. The Balaban J connectivity index is 1.96. The van der Waals surface area contributed by atoms with Crippen molar-refractivity contribution >= 4 is 34.3 Å². The first-order chi connectivity index (χ1) is 11.9. The topological polar surface area (TPSA) is 70.2 Å². The lowest BCUT2D eigenvalue weighted by Gasteiger charge is -2.12. The summed E-state index contributed by atoms with van der Waals surface area (Å²) < 4.78 is 13.9. The molecule has 1 aromatic heterocycles. The van der Waals surface area contributed by atoms with Crippen LogP contribution in [0.15, 0.2) is 42.6 Å².